The molecule has 1 aromatic carbocycles. The molecule has 0 saturated heterocycles. The van der Waals surface area contributed by atoms with E-state index in [1.807, 2.05) is 4.08 Å². The van der Waals surface area contributed by atoms with Crippen LogP contribution in [0.15, 0.2) is 45.9 Å². The van der Waals surface area contributed by atoms with Gasteiger partial charge in [0.2, 0.25) is 0 Å². The molecule has 2 aromatic rings. The molecule has 0 bridgehead atoms. The summed E-state index contributed by atoms with van der Waals surface area (Å²) in [6, 6.07) is 12.7. The molecule has 1 heterocycles. The Kier molecular flexibility index (Phi) is 3.37. The van der Waals surface area contributed by atoms with E-state index in [4.69, 9.17) is 0 Å². The second-order valence-electron chi connectivity index (χ2n) is 2.86. The van der Waals surface area contributed by atoms with Crippen LogP contribution in [0.4, 0.5) is 0 Å². The van der Waals surface area contributed by atoms with Gasteiger partial charge < -0.3 is 0 Å². The molecule has 0 nitrogen and oxygen atoms in total. The molecule has 0 N–H and O–H groups in total. The quantitative estimate of drug-likeness (QED) is 0.697. The lowest BCUT2D eigenvalue weighted by Gasteiger charge is -2.02. The molecule has 14 heavy (non-hydrogen) atoms. The van der Waals surface area contributed by atoms with Crippen LogP contribution in [0.25, 0.3) is 16.5 Å². The van der Waals surface area contributed by atoms with Gasteiger partial charge in [-0.1, -0.05) is 52.9 Å². The summed E-state index contributed by atoms with van der Waals surface area (Å²) in [5, 5.41) is 2.11. The first-order valence-electron chi connectivity index (χ1n) is 4.31. The Morgan fingerprint density at radius 1 is 1.07 bits per heavy atom. The van der Waals surface area contributed by atoms with Crippen molar-refractivity contribution in [2.24, 2.45) is 0 Å². The highest BCUT2D eigenvalue weighted by atomic mass is 127. The molecule has 2 heteroatoms. The molecule has 0 fully saturated rings. The van der Waals surface area contributed by atoms with Crippen molar-refractivity contribution >= 4 is 40.0 Å². The fraction of sp³-hybridized carbons (Fsp3) is 0. The highest BCUT2D eigenvalue weighted by Gasteiger charge is 2.01. The number of halogens is 1. The van der Waals surface area contributed by atoms with Gasteiger partial charge in [-0.05, 0) is 32.7 Å². The van der Waals surface area contributed by atoms with Crippen molar-refractivity contribution in [1.82, 2.24) is 0 Å². The van der Waals surface area contributed by atoms with E-state index in [-0.39, 0.29) is 0 Å². The van der Waals surface area contributed by atoms with Gasteiger partial charge in [-0.2, -0.15) is 0 Å². The summed E-state index contributed by atoms with van der Waals surface area (Å²) in [5.41, 5.74) is 2.60. The molecule has 0 aliphatic heterocycles. The minimum absolute atomic E-state index is 1.28. The van der Waals surface area contributed by atoms with Crippen molar-refractivity contribution in [3.63, 3.8) is 0 Å². The van der Waals surface area contributed by atoms with E-state index in [2.05, 4.69) is 70.4 Å². The first-order chi connectivity index (χ1) is 6.92. The minimum atomic E-state index is 1.28. The van der Waals surface area contributed by atoms with E-state index in [0.29, 0.717) is 0 Å². The Balaban J connectivity index is 2.52. The SMILES string of the molecule is IC=Cc1ccccc1-c1cccs1. The van der Waals surface area contributed by atoms with Gasteiger partial charge in [0.15, 0.2) is 0 Å². The van der Waals surface area contributed by atoms with Crippen molar-refractivity contribution in [2.75, 3.05) is 0 Å². The fourth-order valence-corrected chi connectivity index (χ4v) is 2.53. The predicted octanol–water partition coefficient (Wildman–Crippen LogP) is 4.82. The molecule has 0 spiro atoms. The van der Waals surface area contributed by atoms with Gasteiger partial charge in [0.25, 0.3) is 0 Å². The maximum Gasteiger partial charge on any atom is 0.0348 e. The summed E-state index contributed by atoms with van der Waals surface area (Å²) >= 11 is 4.03. The molecule has 0 unspecified atom stereocenters. The van der Waals surface area contributed by atoms with Crippen molar-refractivity contribution in [1.29, 1.82) is 0 Å². The number of hydrogen-bond donors (Lipinski definition) is 0. The zero-order chi connectivity index (χ0) is 9.80. The monoisotopic (exact) mass is 312 g/mol. The first kappa shape index (κ1) is 9.93. The standard InChI is InChI=1S/C12H9IS/c13-8-7-10-4-1-2-5-11(10)12-6-3-9-14-12/h1-9H. The lowest BCUT2D eigenvalue weighted by Crippen LogP contribution is -1.77. The van der Waals surface area contributed by atoms with Crippen molar-refractivity contribution in [2.45, 2.75) is 0 Å². The van der Waals surface area contributed by atoms with Gasteiger partial charge in [0.1, 0.15) is 0 Å². The summed E-state index contributed by atoms with van der Waals surface area (Å²) in [6.45, 7) is 0. The normalized spacial score (nSPS) is 10.9. The molecule has 1 aromatic heterocycles. The van der Waals surface area contributed by atoms with Crippen LogP contribution in [-0.2, 0) is 0 Å². The average Bonchev–Trinajstić information content (AvgIpc) is 2.72. The van der Waals surface area contributed by atoms with Crippen LogP contribution >= 0.6 is 33.9 Å². The Morgan fingerprint density at radius 2 is 1.93 bits per heavy atom. The molecule has 0 amide bonds. The first-order valence-corrected chi connectivity index (χ1v) is 6.44. The number of hydrogen-bond acceptors (Lipinski definition) is 1. The molecule has 0 radical (unpaired) electrons. The largest absolute Gasteiger partial charge is 0.144 e. The summed E-state index contributed by atoms with van der Waals surface area (Å²) in [5.74, 6) is 0. The number of thiophene rings is 1. The van der Waals surface area contributed by atoms with E-state index in [1.54, 1.807) is 11.3 Å². The number of benzene rings is 1. The van der Waals surface area contributed by atoms with E-state index >= 15 is 0 Å². The van der Waals surface area contributed by atoms with E-state index in [1.165, 1.54) is 16.0 Å². The Labute approximate surface area is 101 Å². The van der Waals surface area contributed by atoms with Gasteiger partial charge in [0, 0.05) is 4.88 Å². The summed E-state index contributed by atoms with van der Waals surface area (Å²) in [4.78, 5) is 1.33. The van der Waals surface area contributed by atoms with Crippen molar-refractivity contribution < 1.29 is 0 Å². The molecule has 0 saturated carbocycles. The van der Waals surface area contributed by atoms with Crippen LogP contribution in [0.5, 0.6) is 0 Å². The third-order valence-corrected chi connectivity index (χ3v) is 3.25. The zero-order valence-electron chi connectivity index (χ0n) is 7.48. The van der Waals surface area contributed by atoms with Crippen LogP contribution < -0.4 is 0 Å². The smallest absolute Gasteiger partial charge is 0.0348 e. The summed E-state index contributed by atoms with van der Waals surface area (Å²) < 4.78 is 2.05. The maximum atomic E-state index is 2.25. The lowest BCUT2D eigenvalue weighted by molar-refractivity contribution is 1.65. The molecule has 0 atom stereocenters. The second-order valence-corrected chi connectivity index (χ2v) is 4.52. The van der Waals surface area contributed by atoms with Crippen LogP contribution in [0.2, 0.25) is 0 Å². The van der Waals surface area contributed by atoms with E-state index < -0.39 is 0 Å². The minimum Gasteiger partial charge on any atom is -0.144 e. The summed E-state index contributed by atoms with van der Waals surface area (Å²) in [7, 11) is 0. The van der Waals surface area contributed by atoms with Crippen LogP contribution in [0, 0.1) is 0 Å². The third kappa shape index (κ3) is 2.07. The Bertz CT molecular complexity index is 429. The topological polar surface area (TPSA) is 0 Å². The second kappa shape index (κ2) is 4.75. The fourth-order valence-electron chi connectivity index (χ4n) is 1.37. The molecule has 70 valence electrons. The van der Waals surface area contributed by atoms with Gasteiger partial charge in [-0.25, -0.2) is 0 Å². The highest BCUT2D eigenvalue weighted by molar-refractivity contribution is 14.1. The van der Waals surface area contributed by atoms with Crippen LogP contribution in [-0.4, -0.2) is 0 Å². The third-order valence-electron chi connectivity index (χ3n) is 1.99. The molecular formula is C12H9IS. The highest BCUT2D eigenvalue weighted by Crippen LogP contribution is 2.28. The summed E-state index contributed by atoms with van der Waals surface area (Å²) in [6.07, 6.45) is 2.13. The molecule has 2 rings (SSSR count). The maximum absolute atomic E-state index is 2.25. The van der Waals surface area contributed by atoms with Gasteiger partial charge >= 0.3 is 0 Å². The average molecular weight is 312 g/mol. The van der Waals surface area contributed by atoms with E-state index in [9.17, 15) is 0 Å². The molecule has 0 aliphatic rings. The van der Waals surface area contributed by atoms with Gasteiger partial charge in [-0.3, -0.25) is 0 Å². The van der Waals surface area contributed by atoms with Crippen molar-refractivity contribution in [3.8, 4) is 10.4 Å². The Hall–Kier alpha value is -0.610. The van der Waals surface area contributed by atoms with Gasteiger partial charge in [0.05, 0.1) is 0 Å². The molecule has 0 aliphatic carbocycles. The van der Waals surface area contributed by atoms with Crippen molar-refractivity contribution in [3.05, 3.63) is 51.4 Å². The van der Waals surface area contributed by atoms with Gasteiger partial charge in [-0.15, -0.1) is 11.3 Å². The predicted molar refractivity (Wildman–Crippen MR) is 72.8 cm³/mol. The van der Waals surface area contributed by atoms with E-state index in [0.717, 1.165) is 0 Å². The lowest BCUT2D eigenvalue weighted by atomic mass is 10.1. The Morgan fingerprint density at radius 3 is 2.64 bits per heavy atom. The van der Waals surface area contributed by atoms with Crippen LogP contribution in [0.3, 0.4) is 0 Å². The molecular weight excluding hydrogens is 303 g/mol. The van der Waals surface area contributed by atoms with Crippen LogP contribution in [0.1, 0.15) is 5.56 Å². The number of rotatable bonds is 2. The zero-order valence-corrected chi connectivity index (χ0v) is 10.5.